The van der Waals surface area contributed by atoms with E-state index in [1.165, 1.54) is 76.6 Å². The highest BCUT2D eigenvalue weighted by Gasteiger charge is 2.20. The number of nitrogens with zero attached hydrogens (tertiary/aromatic N) is 5. The van der Waals surface area contributed by atoms with Gasteiger partial charge < -0.3 is 13.7 Å². The number of hydrogen-bond donors (Lipinski definition) is 0. The molecule has 0 fully saturated rings. The van der Waals surface area contributed by atoms with Gasteiger partial charge in [-0.05, 0) is 139 Å². The van der Waals surface area contributed by atoms with E-state index in [2.05, 4.69) is 289 Å². The van der Waals surface area contributed by atoms with Crippen molar-refractivity contribution >= 4 is 65.4 Å². The lowest BCUT2D eigenvalue weighted by Crippen LogP contribution is -1.98. The number of hydrogen-bond acceptors (Lipinski definition) is 2. The third-order valence-corrected chi connectivity index (χ3v) is 16.1. The van der Waals surface area contributed by atoms with Crippen LogP contribution >= 0.6 is 0 Å². The molecule has 0 atom stereocenters. The predicted molar refractivity (Wildman–Crippen MR) is 326 cm³/mol. The average Bonchev–Trinajstić information content (AvgIpc) is 4.32. The zero-order valence-electron chi connectivity index (χ0n) is 43.5. The molecular formula is C73H51N5. The summed E-state index contributed by atoms with van der Waals surface area (Å²) in [5.74, 6) is 0.733. The standard InChI is InChI=1S/C73H51N5/c1-46-16-4-6-18-57(46)66-45-65(74-73(75-66)58-19-7-5-17-47(58)2)52-34-30-50(31-35-52)49-28-32-51(33-29-49)56-39-36-53(42-48(56)3)76-71-40-37-54(77-67-24-12-8-20-59(67)60-21-9-13-25-68(60)77)43-63(71)64-44-55(38-41-72(64)76)78-69-26-14-10-22-61(69)62-23-11-15-27-70(62)78/h4-45H,1-3H3. The van der Waals surface area contributed by atoms with Crippen molar-refractivity contribution < 1.29 is 0 Å². The van der Waals surface area contributed by atoms with Crippen LogP contribution in [0.15, 0.2) is 255 Å². The monoisotopic (exact) mass is 997 g/mol. The van der Waals surface area contributed by atoms with Crippen LogP contribution in [0.5, 0.6) is 0 Å². The summed E-state index contributed by atoms with van der Waals surface area (Å²) in [5.41, 5.74) is 23.8. The Morgan fingerprint density at radius 3 is 1.09 bits per heavy atom. The fraction of sp³-hybridized carbons (Fsp3) is 0.0411. The van der Waals surface area contributed by atoms with E-state index in [1.54, 1.807) is 0 Å². The van der Waals surface area contributed by atoms with Crippen molar-refractivity contribution in [3.05, 3.63) is 271 Å². The van der Waals surface area contributed by atoms with Crippen LogP contribution in [0.1, 0.15) is 16.7 Å². The molecule has 5 heteroatoms. The second-order valence-electron chi connectivity index (χ2n) is 20.7. The van der Waals surface area contributed by atoms with Crippen LogP contribution in [0.3, 0.4) is 0 Å². The predicted octanol–water partition coefficient (Wildman–Crippen LogP) is 19.0. The molecule has 0 amide bonds. The lowest BCUT2D eigenvalue weighted by molar-refractivity contribution is 1.15. The van der Waals surface area contributed by atoms with E-state index in [-0.39, 0.29) is 0 Å². The zero-order chi connectivity index (χ0) is 52.0. The van der Waals surface area contributed by atoms with E-state index in [4.69, 9.17) is 9.97 Å². The summed E-state index contributed by atoms with van der Waals surface area (Å²) in [6, 6.07) is 92.7. The normalized spacial score (nSPS) is 11.8. The summed E-state index contributed by atoms with van der Waals surface area (Å²) in [4.78, 5) is 10.3. The Morgan fingerprint density at radius 1 is 0.244 bits per heavy atom. The van der Waals surface area contributed by atoms with E-state index in [9.17, 15) is 0 Å². The third kappa shape index (κ3) is 7.31. The van der Waals surface area contributed by atoms with Gasteiger partial charge in [-0.1, -0.05) is 176 Å². The fourth-order valence-electron chi connectivity index (χ4n) is 12.3. The molecule has 0 N–H and O–H groups in total. The van der Waals surface area contributed by atoms with Crippen LogP contribution in [0, 0.1) is 20.8 Å². The minimum Gasteiger partial charge on any atom is -0.309 e. The Balaban J connectivity index is 0.799. The molecule has 368 valence electrons. The summed E-state index contributed by atoms with van der Waals surface area (Å²) >= 11 is 0. The molecule has 4 aromatic heterocycles. The summed E-state index contributed by atoms with van der Waals surface area (Å²) < 4.78 is 7.30. The van der Waals surface area contributed by atoms with Crippen molar-refractivity contribution in [1.82, 2.24) is 23.7 Å². The minimum absolute atomic E-state index is 0.733. The molecule has 0 bridgehead atoms. The van der Waals surface area contributed by atoms with E-state index in [0.717, 1.165) is 78.7 Å². The Morgan fingerprint density at radius 2 is 0.615 bits per heavy atom. The van der Waals surface area contributed by atoms with Crippen molar-refractivity contribution in [3.63, 3.8) is 0 Å². The lowest BCUT2D eigenvalue weighted by atomic mass is 9.96. The van der Waals surface area contributed by atoms with Gasteiger partial charge in [-0.25, -0.2) is 9.97 Å². The second kappa shape index (κ2) is 18.0. The number of fused-ring (bicyclic) bond motifs is 9. The number of aromatic nitrogens is 5. The van der Waals surface area contributed by atoms with Crippen molar-refractivity contribution in [1.29, 1.82) is 0 Å². The largest absolute Gasteiger partial charge is 0.309 e. The topological polar surface area (TPSA) is 40.6 Å². The average molecular weight is 998 g/mol. The van der Waals surface area contributed by atoms with Crippen molar-refractivity contribution in [2.75, 3.05) is 0 Å². The van der Waals surface area contributed by atoms with Crippen LogP contribution in [0.25, 0.3) is 139 Å². The van der Waals surface area contributed by atoms with Crippen LogP contribution in [0.4, 0.5) is 0 Å². The summed E-state index contributed by atoms with van der Waals surface area (Å²) in [5, 5.41) is 7.42. The molecule has 78 heavy (non-hydrogen) atoms. The Labute approximate surface area is 452 Å². The molecule has 11 aromatic carbocycles. The first kappa shape index (κ1) is 45.3. The van der Waals surface area contributed by atoms with E-state index >= 15 is 0 Å². The van der Waals surface area contributed by atoms with Crippen LogP contribution in [-0.4, -0.2) is 23.7 Å². The maximum Gasteiger partial charge on any atom is 0.160 e. The molecule has 0 saturated carbocycles. The van der Waals surface area contributed by atoms with Crippen molar-refractivity contribution in [3.8, 4) is 73.2 Å². The van der Waals surface area contributed by atoms with Gasteiger partial charge in [0.1, 0.15) is 0 Å². The quantitative estimate of drug-likeness (QED) is 0.152. The molecule has 0 radical (unpaired) electrons. The van der Waals surface area contributed by atoms with Gasteiger partial charge in [0, 0.05) is 66.1 Å². The minimum atomic E-state index is 0.733. The van der Waals surface area contributed by atoms with Gasteiger partial charge >= 0.3 is 0 Å². The molecule has 4 heterocycles. The van der Waals surface area contributed by atoms with E-state index in [0.29, 0.717) is 0 Å². The van der Waals surface area contributed by atoms with Crippen molar-refractivity contribution in [2.24, 2.45) is 0 Å². The molecule has 15 rings (SSSR count). The molecule has 0 spiro atoms. The van der Waals surface area contributed by atoms with Gasteiger partial charge in [-0.2, -0.15) is 0 Å². The first-order valence-corrected chi connectivity index (χ1v) is 26.8. The fourth-order valence-corrected chi connectivity index (χ4v) is 12.3. The smallest absolute Gasteiger partial charge is 0.160 e. The maximum absolute atomic E-state index is 5.15. The van der Waals surface area contributed by atoms with Crippen LogP contribution < -0.4 is 0 Å². The Bertz CT molecular complexity index is 4530. The van der Waals surface area contributed by atoms with E-state index in [1.807, 2.05) is 0 Å². The van der Waals surface area contributed by atoms with Gasteiger partial charge in [0.2, 0.25) is 0 Å². The number of aryl methyl sites for hydroxylation is 3. The molecule has 5 nitrogen and oxygen atoms in total. The highest BCUT2D eigenvalue weighted by atomic mass is 15.0. The first-order chi connectivity index (χ1) is 38.4. The van der Waals surface area contributed by atoms with Crippen LogP contribution in [-0.2, 0) is 0 Å². The maximum atomic E-state index is 5.15. The third-order valence-electron chi connectivity index (χ3n) is 16.1. The number of para-hydroxylation sites is 4. The highest BCUT2D eigenvalue weighted by Crippen LogP contribution is 2.41. The molecule has 0 aliphatic heterocycles. The molecule has 0 saturated heterocycles. The zero-order valence-corrected chi connectivity index (χ0v) is 43.5. The molecule has 0 aliphatic rings. The van der Waals surface area contributed by atoms with Gasteiger partial charge in [0.05, 0.1) is 44.5 Å². The highest BCUT2D eigenvalue weighted by molar-refractivity contribution is 6.14. The summed E-state index contributed by atoms with van der Waals surface area (Å²) in [7, 11) is 0. The Hall–Kier alpha value is -10.1. The Kier molecular flexibility index (Phi) is 10.5. The van der Waals surface area contributed by atoms with Gasteiger partial charge in [-0.15, -0.1) is 0 Å². The van der Waals surface area contributed by atoms with Crippen LogP contribution in [0.2, 0.25) is 0 Å². The lowest BCUT2D eigenvalue weighted by Gasteiger charge is -2.14. The van der Waals surface area contributed by atoms with Gasteiger partial charge in [0.25, 0.3) is 0 Å². The first-order valence-electron chi connectivity index (χ1n) is 26.8. The number of benzene rings is 11. The van der Waals surface area contributed by atoms with Gasteiger partial charge in [-0.3, -0.25) is 0 Å². The second-order valence-corrected chi connectivity index (χ2v) is 20.7. The van der Waals surface area contributed by atoms with Crippen molar-refractivity contribution in [2.45, 2.75) is 20.8 Å². The summed E-state index contributed by atoms with van der Waals surface area (Å²) in [6.07, 6.45) is 0. The molecular weight excluding hydrogens is 947 g/mol. The molecule has 0 aliphatic carbocycles. The molecule has 0 unspecified atom stereocenters. The summed E-state index contributed by atoms with van der Waals surface area (Å²) in [6.45, 7) is 6.50. The van der Waals surface area contributed by atoms with E-state index < -0.39 is 0 Å². The van der Waals surface area contributed by atoms with Gasteiger partial charge in [0.15, 0.2) is 5.82 Å². The molecule has 15 aromatic rings. The SMILES string of the molecule is Cc1cc(-n2c3ccc(-n4c5ccccc5c5ccccc54)cc3c3cc(-n4c5ccccc5c5ccccc54)ccc32)ccc1-c1ccc(-c2ccc(-c3cc(-c4ccccc4C)nc(-c4ccccc4C)n3)cc2)cc1. The number of rotatable bonds is 8.